The van der Waals surface area contributed by atoms with E-state index in [1.165, 1.54) is 13.2 Å². The van der Waals surface area contributed by atoms with Crippen molar-refractivity contribution in [3.63, 3.8) is 0 Å². The van der Waals surface area contributed by atoms with Crippen LogP contribution >= 0.6 is 0 Å². The van der Waals surface area contributed by atoms with Gasteiger partial charge >= 0.3 is 0 Å². The molecule has 3 N–H and O–H groups in total. The van der Waals surface area contributed by atoms with E-state index in [4.69, 9.17) is 10.5 Å². The summed E-state index contributed by atoms with van der Waals surface area (Å²) in [6.07, 6.45) is 1.72. The summed E-state index contributed by atoms with van der Waals surface area (Å²) in [5.74, 6) is 0.263. The lowest BCUT2D eigenvalue weighted by Crippen LogP contribution is -2.42. The smallest absolute Gasteiger partial charge is 0.257 e. The molecule has 0 heterocycles. The summed E-state index contributed by atoms with van der Waals surface area (Å²) >= 11 is 0. The Morgan fingerprint density at radius 1 is 1.40 bits per heavy atom. The number of nitrogens with zero attached hydrogens (tertiary/aromatic N) is 1. The van der Waals surface area contributed by atoms with Crippen LogP contribution in [0.3, 0.4) is 0 Å². The molecular formula is C15H24N2O3. The van der Waals surface area contributed by atoms with Gasteiger partial charge in [-0.25, -0.2) is 0 Å². The van der Waals surface area contributed by atoms with Crippen LogP contribution in [0.25, 0.3) is 0 Å². The number of rotatable bonds is 7. The first-order chi connectivity index (χ1) is 9.58. The minimum Gasteiger partial charge on any atom is -0.507 e. The van der Waals surface area contributed by atoms with E-state index in [2.05, 4.69) is 0 Å². The molecule has 0 aliphatic carbocycles. The SMILES string of the molecule is CCC(CC)N(CCN)C(=O)c1ccc(OC)cc1O. The molecule has 0 aromatic heterocycles. The maximum Gasteiger partial charge on any atom is 0.257 e. The Kier molecular flexibility index (Phi) is 6.31. The van der Waals surface area contributed by atoms with Gasteiger partial charge in [-0.1, -0.05) is 13.8 Å². The zero-order valence-corrected chi connectivity index (χ0v) is 12.4. The fraction of sp³-hybridized carbons (Fsp3) is 0.533. The van der Waals surface area contributed by atoms with Crippen LogP contribution in [0.4, 0.5) is 0 Å². The number of aromatic hydroxyl groups is 1. The molecule has 0 spiro atoms. The van der Waals surface area contributed by atoms with Gasteiger partial charge in [0.2, 0.25) is 0 Å². The first-order valence-corrected chi connectivity index (χ1v) is 6.97. The van der Waals surface area contributed by atoms with E-state index in [0.29, 0.717) is 18.8 Å². The Hall–Kier alpha value is -1.75. The van der Waals surface area contributed by atoms with E-state index in [-0.39, 0.29) is 23.3 Å². The topological polar surface area (TPSA) is 75.8 Å². The molecule has 0 unspecified atom stereocenters. The molecule has 0 saturated carbocycles. The fourth-order valence-corrected chi connectivity index (χ4v) is 2.29. The second kappa shape index (κ2) is 7.75. The molecule has 0 radical (unpaired) electrons. The van der Waals surface area contributed by atoms with Gasteiger partial charge in [0.1, 0.15) is 11.5 Å². The van der Waals surface area contributed by atoms with Gasteiger partial charge in [0, 0.05) is 25.2 Å². The largest absolute Gasteiger partial charge is 0.507 e. The predicted octanol–water partition coefficient (Wildman–Crippen LogP) is 1.99. The number of amides is 1. The summed E-state index contributed by atoms with van der Waals surface area (Å²) in [6.45, 7) is 4.97. The van der Waals surface area contributed by atoms with Crippen LogP contribution in [-0.2, 0) is 0 Å². The molecular weight excluding hydrogens is 256 g/mol. The molecule has 5 nitrogen and oxygen atoms in total. The average molecular weight is 280 g/mol. The molecule has 0 aliphatic heterocycles. The Morgan fingerprint density at radius 3 is 2.50 bits per heavy atom. The lowest BCUT2D eigenvalue weighted by Gasteiger charge is -2.30. The molecule has 0 bridgehead atoms. The Labute approximate surface area is 120 Å². The van der Waals surface area contributed by atoms with Crippen molar-refractivity contribution >= 4 is 5.91 Å². The van der Waals surface area contributed by atoms with E-state index in [1.807, 2.05) is 13.8 Å². The zero-order chi connectivity index (χ0) is 15.1. The Bertz CT molecular complexity index is 445. The van der Waals surface area contributed by atoms with Crippen LogP contribution in [0.5, 0.6) is 11.5 Å². The highest BCUT2D eigenvalue weighted by Gasteiger charge is 2.24. The van der Waals surface area contributed by atoms with Crippen molar-refractivity contribution in [1.82, 2.24) is 4.90 Å². The van der Waals surface area contributed by atoms with Crippen molar-refractivity contribution in [2.75, 3.05) is 20.2 Å². The first-order valence-electron chi connectivity index (χ1n) is 6.97. The summed E-state index contributed by atoms with van der Waals surface area (Å²) in [5, 5.41) is 9.98. The molecule has 0 aliphatic rings. The standard InChI is InChI=1S/C15H24N2O3/c1-4-11(5-2)17(9-8-16)15(19)13-7-6-12(20-3)10-14(13)18/h6-7,10-11,18H,4-5,8-9,16H2,1-3H3. The number of hydrogen-bond acceptors (Lipinski definition) is 4. The number of nitrogens with two attached hydrogens (primary N) is 1. The van der Waals surface area contributed by atoms with Crippen molar-refractivity contribution in [2.24, 2.45) is 5.73 Å². The average Bonchev–Trinajstić information content (AvgIpc) is 2.46. The van der Waals surface area contributed by atoms with Crippen LogP contribution in [0.2, 0.25) is 0 Å². The third-order valence-corrected chi connectivity index (χ3v) is 3.45. The van der Waals surface area contributed by atoms with Gasteiger partial charge in [-0.15, -0.1) is 0 Å². The van der Waals surface area contributed by atoms with E-state index in [1.54, 1.807) is 17.0 Å². The summed E-state index contributed by atoms with van der Waals surface area (Å²) in [4.78, 5) is 14.3. The van der Waals surface area contributed by atoms with E-state index < -0.39 is 0 Å². The highest BCUT2D eigenvalue weighted by atomic mass is 16.5. The Morgan fingerprint density at radius 2 is 2.05 bits per heavy atom. The lowest BCUT2D eigenvalue weighted by atomic mass is 10.1. The molecule has 20 heavy (non-hydrogen) atoms. The number of methoxy groups -OCH3 is 1. The maximum absolute atomic E-state index is 12.6. The highest BCUT2D eigenvalue weighted by molar-refractivity contribution is 5.97. The fourth-order valence-electron chi connectivity index (χ4n) is 2.29. The van der Waals surface area contributed by atoms with E-state index in [9.17, 15) is 9.90 Å². The number of phenols is 1. The van der Waals surface area contributed by atoms with Crippen molar-refractivity contribution in [2.45, 2.75) is 32.7 Å². The molecule has 0 atom stereocenters. The van der Waals surface area contributed by atoms with Crippen LogP contribution in [0.15, 0.2) is 18.2 Å². The zero-order valence-electron chi connectivity index (χ0n) is 12.4. The summed E-state index contributed by atoms with van der Waals surface area (Å²) in [6, 6.07) is 4.83. The van der Waals surface area contributed by atoms with Crippen molar-refractivity contribution in [1.29, 1.82) is 0 Å². The first kappa shape index (κ1) is 16.3. The molecule has 5 heteroatoms. The molecule has 0 saturated heterocycles. The number of benzene rings is 1. The van der Waals surface area contributed by atoms with E-state index in [0.717, 1.165) is 12.8 Å². The molecule has 1 aromatic rings. The molecule has 1 amide bonds. The van der Waals surface area contributed by atoms with Crippen molar-refractivity contribution in [3.8, 4) is 11.5 Å². The summed E-state index contributed by atoms with van der Waals surface area (Å²) < 4.78 is 5.02. The van der Waals surface area contributed by atoms with Crippen LogP contribution in [-0.4, -0.2) is 42.2 Å². The second-order valence-corrected chi connectivity index (χ2v) is 4.64. The number of carbonyl (C=O) groups excluding carboxylic acids is 1. The summed E-state index contributed by atoms with van der Waals surface area (Å²) in [7, 11) is 1.52. The number of hydrogen-bond donors (Lipinski definition) is 2. The Balaban J connectivity index is 3.05. The van der Waals surface area contributed by atoms with Gasteiger partial charge in [-0.3, -0.25) is 4.79 Å². The van der Waals surface area contributed by atoms with Crippen LogP contribution in [0.1, 0.15) is 37.0 Å². The minimum absolute atomic E-state index is 0.0673. The normalized spacial score (nSPS) is 10.7. The molecule has 1 rings (SSSR count). The van der Waals surface area contributed by atoms with Gasteiger partial charge < -0.3 is 20.5 Å². The van der Waals surface area contributed by atoms with Crippen LogP contribution in [0, 0.1) is 0 Å². The van der Waals surface area contributed by atoms with Gasteiger partial charge in [-0.2, -0.15) is 0 Å². The van der Waals surface area contributed by atoms with Crippen molar-refractivity contribution in [3.05, 3.63) is 23.8 Å². The van der Waals surface area contributed by atoms with Gasteiger partial charge in [0.05, 0.1) is 12.7 Å². The van der Waals surface area contributed by atoms with E-state index >= 15 is 0 Å². The number of phenolic OH excluding ortho intramolecular Hbond substituents is 1. The highest BCUT2D eigenvalue weighted by Crippen LogP contribution is 2.25. The third kappa shape index (κ3) is 3.63. The molecule has 112 valence electrons. The quantitative estimate of drug-likeness (QED) is 0.801. The van der Waals surface area contributed by atoms with Gasteiger partial charge in [-0.05, 0) is 25.0 Å². The third-order valence-electron chi connectivity index (χ3n) is 3.45. The van der Waals surface area contributed by atoms with Crippen LogP contribution < -0.4 is 10.5 Å². The number of carbonyl (C=O) groups is 1. The maximum atomic E-state index is 12.6. The second-order valence-electron chi connectivity index (χ2n) is 4.64. The van der Waals surface area contributed by atoms with Gasteiger partial charge in [0.25, 0.3) is 5.91 Å². The van der Waals surface area contributed by atoms with Gasteiger partial charge in [0.15, 0.2) is 0 Å². The monoisotopic (exact) mass is 280 g/mol. The summed E-state index contributed by atoms with van der Waals surface area (Å²) in [5.41, 5.74) is 5.88. The molecule has 0 fully saturated rings. The molecule has 1 aromatic carbocycles. The minimum atomic E-state index is -0.190. The number of ether oxygens (including phenoxy) is 1. The van der Waals surface area contributed by atoms with Crippen molar-refractivity contribution < 1.29 is 14.6 Å². The lowest BCUT2D eigenvalue weighted by molar-refractivity contribution is 0.0671. The predicted molar refractivity (Wildman–Crippen MR) is 79.1 cm³/mol.